The Balaban J connectivity index is 2.22. The van der Waals surface area contributed by atoms with Crippen LogP contribution in [0.1, 0.15) is 36.4 Å². The van der Waals surface area contributed by atoms with Gasteiger partial charge in [-0.2, -0.15) is 5.26 Å². The van der Waals surface area contributed by atoms with Gasteiger partial charge in [0, 0.05) is 32.4 Å². The summed E-state index contributed by atoms with van der Waals surface area (Å²) < 4.78 is 1.92. The van der Waals surface area contributed by atoms with Crippen LogP contribution in [-0.2, 0) is 20.1 Å². The molecule has 4 nitrogen and oxygen atoms in total. The van der Waals surface area contributed by atoms with Crippen molar-refractivity contribution >= 4 is 0 Å². The first-order valence-electron chi connectivity index (χ1n) is 7.84. The number of nitriles is 1. The van der Waals surface area contributed by atoms with Crippen LogP contribution in [0.5, 0.6) is 0 Å². The second-order valence-electron chi connectivity index (χ2n) is 6.75. The molecule has 0 spiro atoms. The zero-order chi connectivity index (χ0) is 17.0. The number of hydrogen-bond acceptors (Lipinski definition) is 3. The lowest BCUT2D eigenvalue weighted by Crippen LogP contribution is -2.38. The van der Waals surface area contributed by atoms with Crippen molar-refractivity contribution in [2.45, 2.75) is 39.5 Å². The number of rotatable bonds is 6. The van der Waals surface area contributed by atoms with E-state index in [1.807, 2.05) is 56.7 Å². The molecule has 0 saturated carbocycles. The van der Waals surface area contributed by atoms with Gasteiger partial charge in [-0.1, -0.05) is 30.3 Å². The van der Waals surface area contributed by atoms with Crippen LogP contribution in [0.15, 0.2) is 36.4 Å². The van der Waals surface area contributed by atoms with Crippen LogP contribution >= 0.6 is 0 Å². The molecule has 1 aromatic carbocycles. The molecule has 4 heteroatoms. The molecule has 0 saturated heterocycles. The lowest BCUT2D eigenvalue weighted by atomic mass is 10.1. The number of benzene rings is 1. The predicted octanol–water partition coefficient (Wildman–Crippen LogP) is 2.98. The van der Waals surface area contributed by atoms with Crippen molar-refractivity contribution in [2.24, 2.45) is 7.05 Å². The van der Waals surface area contributed by atoms with E-state index in [0.717, 1.165) is 17.8 Å². The third kappa shape index (κ3) is 4.69. The Labute approximate surface area is 138 Å². The fraction of sp³-hybridized carbons (Fsp3) is 0.421. The first-order chi connectivity index (χ1) is 10.8. The molecule has 0 amide bonds. The second kappa shape index (κ2) is 6.99. The Morgan fingerprint density at radius 2 is 1.87 bits per heavy atom. The van der Waals surface area contributed by atoms with Crippen molar-refractivity contribution in [3.05, 3.63) is 58.9 Å². The Bertz CT molecular complexity index is 690. The standard InChI is InChI=1S/C19H25N3O/c1-15-17(10-18(11-20)21(15)4)13-22(14-19(2,3)23)12-16-8-6-5-7-9-16/h5-10,23H,12-14H2,1-4H3. The van der Waals surface area contributed by atoms with Crippen molar-refractivity contribution in [3.8, 4) is 6.07 Å². The van der Waals surface area contributed by atoms with Crippen LogP contribution in [0.2, 0.25) is 0 Å². The van der Waals surface area contributed by atoms with E-state index in [1.54, 1.807) is 0 Å². The highest BCUT2D eigenvalue weighted by atomic mass is 16.3. The highest BCUT2D eigenvalue weighted by molar-refractivity contribution is 5.34. The highest BCUT2D eigenvalue weighted by Gasteiger charge is 2.20. The average molecular weight is 311 g/mol. The molecule has 2 rings (SSSR count). The monoisotopic (exact) mass is 311 g/mol. The summed E-state index contributed by atoms with van der Waals surface area (Å²) in [7, 11) is 1.91. The molecule has 0 aliphatic carbocycles. The van der Waals surface area contributed by atoms with Crippen LogP contribution in [0.4, 0.5) is 0 Å². The largest absolute Gasteiger partial charge is 0.389 e. The van der Waals surface area contributed by atoms with Crippen molar-refractivity contribution in [1.82, 2.24) is 9.47 Å². The van der Waals surface area contributed by atoms with Gasteiger partial charge in [0.25, 0.3) is 0 Å². The van der Waals surface area contributed by atoms with Gasteiger partial charge in [0.15, 0.2) is 0 Å². The first-order valence-corrected chi connectivity index (χ1v) is 7.84. The summed E-state index contributed by atoms with van der Waals surface area (Å²) in [6.07, 6.45) is 0. The van der Waals surface area contributed by atoms with E-state index in [4.69, 9.17) is 0 Å². The number of hydrogen-bond donors (Lipinski definition) is 1. The van der Waals surface area contributed by atoms with Crippen LogP contribution in [-0.4, -0.2) is 26.7 Å². The zero-order valence-electron chi connectivity index (χ0n) is 14.4. The normalized spacial score (nSPS) is 11.7. The van der Waals surface area contributed by atoms with Gasteiger partial charge in [-0.3, -0.25) is 4.90 Å². The van der Waals surface area contributed by atoms with Crippen LogP contribution in [0, 0.1) is 18.3 Å². The lowest BCUT2D eigenvalue weighted by molar-refractivity contribution is 0.0306. The van der Waals surface area contributed by atoms with E-state index in [2.05, 4.69) is 23.1 Å². The maximum absolute atomic E-state index is 10.2. The van der Waals surface area contributed by atoms with Crippen LogP contribution < -0.4 is 0 Å². The van der Waals surface area contributed by atoms with Gasteiger partial charge in [-0.15, -0.1) is 0 Å². The fourth-order valence-corrected chi connectivity index (χ4v) is 2.83. The zero-order valence-corrected chi connectivity index (χ0v) is 14.4. The number of aliphatic hydroxyl groups is 1. The third-order valence-corrected chi connectivity index (χ3v) is 4.01. The molecule has 0 aliphatic heterocycles. The smallest absolute Gasteiger partial charge is 0.120 e. The summed E-state index contributed by atoms with van der Waals surface area (Å²) in [6, 6.07) is 14.4. The molecule has 2 aromatic rings. The quantitative estimate of drug-likeness (QED) is 0.892. The van der Waals surface area contributed by atoms with Gasteiger partial charge in [-0.05, 0) is 38.0 Å². The van der Waals surface area contributed by atoms with E-state index in [0.29, 0.717) is 18.8 Å². The van der Waals surface area contributed by atoms with E-state index in [-0.39, 0.29) is 0 Å². The van der Waals surface area contributed by atoms with Crippen molar-refractivity contribution in [3.63, 3.8) is 0 Å². The average Bonchev–Trinajstić information content (AvgIpc) is 2.74. The molecule has 1 heterocycles. The molecule has 1 aromatic heterocycles. The Morgan fingerprint density at radius 1 is 1.22 bits per heavy atom. The van der Waals surface area contributed by atoms with Gasteiger partial charge >= 0.3 is 0 Å². The van der Waals surface area contributed by atoms with E-state index >= 15 is 0 Å². The summed E-state index contributed by atoms with van der Waals surface area (Å²) in [5.74, 6) is 0. The molecule has 23 heavy (non-hydrogen) atoms. The summed E-state index contributed by atoms with van der Waals surface area (Å²) in [4.78, 5) is 2.22. The molecular formula is C19H25N3O. The molecule has 0 bridgehead atoms. The Kier molecular flexibility index (Phi) is 5.25. The summed E-state index contributed by atoms with van der Waals surface area (Å²) >= 11 is 0. The molecule has 0 atom stereocenters. The molecule has 0 aliphatic rings. The van der Waals surface area contributed by atoms with E-state index < -0.39 is 5.60 Å². The molecule has 0 fully saturated rings. The first kappa shape index (κ1) is 17.3. The molecule has 1 N–H and O–H groups in total. The summed E-state index contributed by atoms with van der Waals surface area (Å²) in [5.41, 5.74) is 3.33. The van der Waals surface area contributed by atoms with Crippen LogP contribution in [0.3, 0.4) is 0 Å². The Morgan fingerprint density at radius 3 is 2.39 bits per heavy atom. The lowest BCUT2D eigenvalue weighted by Gasteiger charge is -2.29. The predicted molar refractivity (Wildman–Crippen MR) is 91.7 cm³/mol. The van der Waals surface area contributed by atoms with Crippen molar-refractivity contribution in [2.75, 3.05) is 6.54 Å². The number of aromatic nitrogens is 1. The fourth-order valence-electron chi connectivity index (χ4n) is 2.83. The molecule has 0 radical (unpaired) electrons. The van der Waals surface area contributed by atoms with E-state index in [9.17, 15) is 10.4 Å². The van der Waals surface area contributed by atoms with E-state index in [1.165, 1.54) is 5.56 Å². The van der Waals surface area contributed by atoms with Gasteiger partial charge in [0.1, 0.15) is 11.8 Å². The summed E-state index contributed by atoms with van der Waals surface area (Å²) in [6.45, 7) is 7.72. The highest BCUT2D eigenvalue weighted by Crippen LogP contribution is 2.19. The van der Waals surface area contributed by atoms with Crippen molar-refractivity contribution < 1.29 is 5.11 Å². The minimum Gasteiger partial charge on any atom is -0.389 e. The number of nitrogens with zero attached hydrogens (tertiary/aromatic N) is 3. The molecular weight excluding hydrogens is 286 g/mol. The molecule has 122 valence electrons. The van der Waals surface area contributed by atoms with Gasteiger partial charge in [0.05, 0.1) is 5.60 Å². The van der Waals surface area contributed by atoms with Gasteiger partial charge in [-0.25, -0.2) is 0 Å². The molecule has 0 unspecified atom stereocenters. The van der Waals surface area contributed by atoms with Gasteiger partial charge in [0.2, 0.25) is 0 Å². The summed E-state index contributed by atoms with van der Waals surface area (Å²) in [5, 5.41) is 19.4. The maximum Gasteiger partial charge on any atom is 0.120 e. The van der Waals surface area contributed by atoms with Crippen molar-refractivity contribution in [1.29, 1.82) is 5.26 Å². The second-order valence-corrected chi connectivity index (χ2v) is 6.75. The SMILES string of the molecule is Cc1c(CN(Cc2ccccc2)CC(C)(C)O)cc(C#N)n1C. The minimum absolute atomic E-state index is 0.568. The topological polar surface area (TPSA) is 52.2 Å². The maximum atomic E-state index is 10.2. The minimum atomic E-state index is -0.768. The third-order valence-electron chi connectivity index (χ3n) is 4.01. The Hall–Kier alpha value is -2.09. The van der Waals surface area contributed by atoms with Gasteiger partial charge < -0.3 is 9.67 Å². The van der Waals surface area contributed by atoms with Crippen LogP contribution in [0.25, 0.3) is 0 Å².